The van der Waals surface area contributed by atoms with Crippen molar-refractivity contribution >= 4 is 0 Å². The zero-order chi connectivity index (χ0) is 13.0. The van der Waals surface area contributed by atoms with Gasteiger partial charge >= 0.3 is 0 Å². The lowest BCUT2D eigenvalue weighted by Crippen LogP contribution is -2.15. The minimum absolute atomic E-state index is 0.0623. The summed E-state index contributed by atoms with van der Waals surface area (Å²) in [5, 5.41) is 3.01. The number of benzene rings is 1. The predicted octanol–water partition coefficient (Wildman–Crippen LogP) is 2.65. The van der Waals surface area contributed by atoms with Gasteiger partial charge in [-0.3, -0.25) is 9.89 Å². The molecule has 0 aliphatic heterocycles. The number of hydrogen-bond acceptors (Lipinski definition) is 2. The molecule has 0 saturated carbocycles. The van der Waals surface area contributed by atoms with Gasteiger partial charge < -0.3 is 4.74 Å². The number of aromatic nitrogens is 2. The van der Waals surface area contributed by atoms with Gasteiger partial charge in [-0.25, -0.2) is 4.68 Å². The van der Waals surface area contributed by atoms with E-state index >= 15 is 0 Å². The first kappa shape index (κ1) is 12.5. The van der Waals surface area contributed by atoms with Crippen molar-refractivity contribution in [3.8, 4) is 11.6 Å². The van der Waals surface area contributed by atoms with E-state index in [1.54, 1.807) is 6.92 Å². The molecule has 0 aliphatic rings. The Balaban J connectivity index is 2.28. The third-order valence-electron chi connectivity index (χ3n) is 2.84. The maximum Gasteiger partial charge on any atom is 0.278 e. The second kappa shape index (κ2) is 5.58. The lowest BCUT2D eigenvalue weighted by molar-refractivity contribution is 0.294. The van der Waals surface area contributed by atoms with Crippen molar-refractivity contribution in [2.45, 2.75) is 26.7 Å². The number of hydrogen-bond donors (Lipinski definition) is 1. The van der Waals surface area contributed by atoms with Crippen molar-refractivity contribution in [1.29, 1.82) is 0 Å². The molecule has 0 fully saturated rings. The van der Waals surface area contributed by atoms with E-state index in [1.165, 1.54) is 4.68 Å². The molecular weight excluding hydrogens is 228 g/mol. The van der Waals surface area contributed by atoms with Gasteiger partial charge in [-0.05, 0) is 25.5 Å². The van der Waals surface area contributed by atoms with Crippen LogP contribution in [0.1, 0.15) is 25.3 Å². The standard InChI is InChI=1S/C14H18N2O2/c1-3-4-10-18-13-11(2)14(17)16(15-13)12-8-6-5-7-9-12/h5-9,15H,3-4,10H2,1-2H3. The van der Waals surface area contributed by atoms with Gasteiger partial charge in [0.15, 0.2) is 0 Å². The van der Waals surface area contributed by atoms with Gasteiger partial charge in [-0.15, -0.1) is 0 Å². The summed E-state index contributed by atoms with van der Waals surface area (Å²) in [7, 11) is 0. The fraction of sp³-hybridized carbons (Fsp3) is 0.357. The normalized spacial score (nSPS) is 10.6. The molecule has 0 bridgehead atoms. The van der Waals surface area contributed by atoms with Crippen molar-refractivity contribution < 1.29 is 4.74 Å². The highest BCUT2D eigenvalue weighted by molar-refractivity contribution is 5.34. The Labute approximate surface area is 106 Å². The number of nitrogens with one attached hydrogen (secondary N) is 1. The number of para-hydroxylation sites is 1. The summed E-state index contributed by atoms with van der Waals surface area (Å²) in [5.41, 5.74) is 1.37. The molecule has 0 atom stereocenters. The van der Waals surface area contributed by atoms with E-state index in [2.05, 4.69) is 12.0 Å². The molecule has 2 rings (SSSR count). The van der Waals surface area contributed by atoms with Crippen LogP contribution < -0.4 is 10.3 Å². The number of unbranched alkanes of at least 4 members (excludes halogenated alkanes) is 1. The van der Waals surface area contributed by atoms with E-state index in [0.29, 0.717) is 18.1 Å². The number of nitrogens with zero attached hydrogens (tertiary/aromatic N) is 1. The molecule has 4 heteroatoms. The third-order valence-corrected chi connectivity index (χ3v) is 2.84. The van der Waals surface area contributed by atoms with Crippen LogP contribution in [0.5, 0.6) is 5.88 Å². The molecular formula is C14H18N2O2. The Bertz CT molecular complexity index is 555. The quantitative estimate of drug-likeness (QED) is 0.824. The lowest BCUT2D eigenvalue weighted by Gasteiger charge is -2.03. The van der Waals surface area contributed by atoms with Crippen LogP contribution in [-0.2, 0) is 0 Å². The van der Waals surface area contributed by atoms with Gasteiger partial charge in [0.25, 0.3) is 5.56 Å². The Morgan fingerprint density at radius 1 is 1.28 bits per heavy atom. The first-order valence-electron chi connectivity index (χ1n) is 6.24. The molecule has 96 valence electrons. The SMILES string of the molecule is CCCCOc1[nH]n(-c2ccccc2)c(=O)c1C. The van der Waals surface area contributed by atoms with Crippen molar-refractivity contribution in [1.82, 2.24) is 9.78 Å². The summed E-state index contributed by atoms with van der Waals surface area (Å²) in [6, 6.07) is 9.48. The zero-order valence-electron chi connectivity index (χ0n) is 10.8. The molecule has 2 aromatic rings. The van der Waals surface area contributed by atoms with Crippen molar-refractivity contribution in [2.75, 3.05) is 6.61 Å². The van der Waals surface area contributed by atoms with Crippen LogP contribution in [0.15, 0.2) is 35.1 Å². The molecule has 0 spiro atoms. The fourth-order valence-electron chi connectivity index (χ4n) is 1.72. The maximum atomic E-state index is 12.1. The number of ether oxygens (including phenoxy) is 1. The van der Waals surface area contributed by atoms with Gasteiger partial charge in [0, 0.05) is 0 Å². The largest absolute Gasteiger partial charge is 0.478 e. The van der Waals surface area contributed by atoms with Gasteiger partial charge in [0.1, 0.15) is 0 Å². The van der Waals surface area contributed by atoms with Crippen LogP contribution in [0.3, 0.4) is 0 Å². The van der Waals surface area contributed by atoms with E-state index < -0.39 is 0 Å². The summed E-state index contributed by atoms with van der Waals surface area (Å²) in [6.07, 6.45) is 2.06. The highest BCUT2D eigenvalue weighted by Crippen LogP contribution is 2.13. The average Bonchev–Trinajstić information content (AvgIpc) is 2.68. The Kier molecular flexibility index (Phi) is 3.87. The van der Waals surface area contributed by atoms with E-state index in [0.717, 1.165) is 18.5 Å². The van der Waals surface area contributed by atoms with E-state index in [4.69, 9.17) is 4.74 Å². The van der Waals surface area contributed by atoms with Crippen LogP contribution in [0.4, 0.5) is 0 Å². The van der Waals surface area contributed by atoms with Crippen molar-refractivity contribution in [3.63, 3.8) is 0 Å². The van der Waals surface area contributed by atoms with Crippen molar-refractivity contribution in [2.24, 2.45) is 0 Å². The molecule has 1 aromatic heterocycles. The van der Waals surface area contributed by atoms with Gasteiger partial charge in [0.05, 0.1) is 17.9 Å². The first-order chi connectivity index (χ1) is 8.74. The third kappa shape index (κ3) is 2.47. The fourth-order valence-corrected chi connectivity index (χ4v) is 1.72. The predicted molar refractivity (Wildman–Crippen MR) is 71.5 cm³/mol. The molecule has 0 saturated heterocycles. The summed E-state index contributed by atoms with van der Waals surface area (Å²) >= 11 is 0. The number of aromatic amines is 1. The van der Waals surface area contributed by atoms with Gasteiger partial charge in [-0.1, -0.05) is 31.5 Å². The lowest BCUT2D eigenvalue weighted by atomic mass is 10.3. The molecule has 4 nitrogen and oxygen atoms in total. The Hall–Kier alpha value is -1.97. The van der Waals surface area contributed by atoms with Crippen LogP contribution in [0, 0.1) is 6.92 Å². The molecule has 1 aromatic carbocycles. The summed E-state index contributed by atoms with van der Waals surface area (Å²) in [4.78, 5) is 12.1. The molecule has 0 radical (unpaired) electrons. The highest BCUT2D eigenvalue weighted by atomic mass is 16.5. The van der Waals surface area contributed by atoms with Crippen LogP contribution in [0.25, 0.3) is 5.69 Å². The second-order valence-electron chi connectivity index (χ2n) is 4.24. The zero-order valence-corrected chi connectivity index (χ0v) is 10.8. The number of rotatable bonds is 5. The van der Waals surface area contributed by atoms with E-state index in [1.807, 2.05) is 30.3 Å². The topological polar surface area (TPSA) is 47.0 Å². The molecule has 1 heterocycles. The van der Waals surface area contributed by atoms with Crippen LogP contribution >= 0.6 is 0 Å². The summed E-state index contributed by atoms with van der Waals surface area (Å²) in [6.45, 7) is 4.51. The average molecular weight is 246 g/mol. The Morgan fingerprint density at radius 3 is 2.67 bits per heavy atom. The smallest absolute Gasteiger partial charge is 0.278 e. The van der Waals surface area contributed by atoms with Gasteiger partial charge in [-0.2, -0.15) is 0 Å². The maximum absolute atomic E-state index is 12.1. The molecule has 1 N–H and O–H groups in total. The molecule has 18 heavy (non-hydrogen) atoms. The number of H-pyrrole nitrogens is 1. The summed E-state index contributed by atoms with van der Waals surface area (Å²) in [5.74, 6) is 0.567. The van der Waals surface area contributed by atoms with E-state index in [9.17, 15) is 4.79 Å². The Morgan fingerprint density at radius 2 is 2.00 bits per heavy atom. The highest BCUT2D eigenvalue weighted by Gasteiger charge is 2.11. The van der Waals surface area contributed by atoms with Crippen LogP contribution in [-0.4, -0.2) is 16.4 Å². The van der Waals surface area contributed by atoms with Crippen LogP contribution in [0.2, 0.25) is 0 Å². The van der Waals surface area contributed by atoms with Crippen molar-refractivity contribution in [3.05, 3.63) is 46.2 Å². The monoisotopic (exact) mass is 246 g/mol. The minimum Gasteiger partial charge on any atom is -0.478 e. The first-order valence-corrected chi connectivity index (χ1v) is 6.24. The molecule has 0 aliphatic carbocycles. The van der Waals surface area contributed by atoms with E-state index in [-0.39, 0.29) is 5.56 Å². The molecule has 0 amide bonds. The molecule has 0 unspecified atom stereocenters. The van der Waals surface area contributed by atoms with Gasteiger partial charge in [0.2, 0.25) is 5.88 Å². The minimum atomic E-state index is -0.0623. The second-order valence-corrected chi connectivity index (χ2v) is 4.24. The summed E-state index contributed by atoms with van der Waals surface area (Å²) < 4.78 is 7.09.